The third-order valence-corrected chi connectivity index (χ3v) is 4.40. The summed E-state index contributed by atoms with van der Waals surface area (Å²) in [5.41, 5.74) is 1.91. The first kappa shape index (κ1) is 26.5. The number of nitrogens with one attached hydrogen (secondary N) is 3. The summed E-state index contributed by atoms with van der Waals surface area (Å²) < 4.78 is 11.5. The lowest BCUT2D eigenvalue weighted by Crippen LogP contribution is -2.48. The highest BCUT2D eigenvalue weighted by Crippen LogP contribution is 2.23. The van der Waals surface area contributed by atoms with Gasteiger partial charge in [-0.15, -0.1) is 24.0 Å². The zero-order valence-electron chi connectivity index (χ0n) is 18.8. The van der Waals surface area contributed by atoms with Crippen molar-refractivity contribution in [2.24, 2.45) is 10.9 Å². The van der Waals surface area contributed by atoms with E-state index in [1.165, 1.54) is 0 Å². The average Bonchev–Trinajstić information content (AvgIpc) is 3.15. The Morgan fingerprint density at radius 1 is 1.30 bits per heavy atom. The Bertz CT molecular complexity index is 698. The molecular formula is C22H37IN4O3. The summed E-state index contributed by atoms with van der Waals surface area (Å²) in [6.07, 6.45) is 1.05. The third kappa shape index (κ3) is 9.97. The number of aryl methyl sites for hydroxylation is 1. The average molecular weight is 532 g/mol. The van der Waals surface area contributed by atoms with Crippen molar-refractivity contribution in [1.29, 1.82) is 0 Å². The molecule has 170 valence electrons. The smallest absolute Gasteiger partial charge is 0.239 e. The van der Waals surface area contributed by atoms with Crippen LogP contribution in [0.1, 0.15) is 45.2 Å². The van der Waals surface area contributed by atoms with Crippen LogP contribution in [-0.2, 0) is 16.1 Å². The minimum Gasteiger partial charge on any atom is -0.493 e. The first-order chi connectivity index (χ1) is 13.8. The number of rotatable bonds is 8. The van der Waals surface area contributed by atoms with Crippen LogP contribution in [0.4, 0.5) is 0 Å². The van der Waals surface area contributed by atoms with E-state index in [4.69, 9.17) is 9.47 Å². The van der Waals surface area contributed by atoms with Crippen molar-refractivity contribution in [3.05, 3.63) is 29.3 Å². The van der Waals surface area contributed by atoms with Gasteiger partial charge < -0.3 is 25.4 Å². The van der Waals surface area contributed by atoms with Crippen LogP contribution in [0.3, 0.4) is 0 Å². The lowest BCUT2D eigenvalue weighted by atomic mass is 10.1. The predicted octanol–water partition coefficient (Wildman–Crippen LogP) is 3.00. The van der Waals surface area contributed by atoms with Crippen molar-refractivity contribution < 1.29 is 14.3 Å². The molecule has 1 aromatic carbocycles. The van der Waals surface area contributed by atoms with Crippen molar-refractivity contribution in [2.75, 3.05) is 32.9 Å². The number of carbonyl (C=O) groups is 1. The molecule has 1 aliphatic rings. The van der Waals surface area contributed by atoms with Gasteiger partial charge in [0.15, 0.2) is 5.96 Å². The highest BCUT2D eigenvalue weighted by molar-refractivity contribution is 14.0. The maximum Gasteiger partial charge on any atom is 0.239 e. The fourth-order valence-electron chi connectivity index (χ4n) is 2.98. The zero-order chi connectivity index (χ0) is 21.3. The largest absolute Gasteiger partial charge is 0.493 e. The van der Waals surface area contributed by atoms with E-state index in [2.05, 4.69) is 46.1 Å². The molecule has 0 spiro atoms. The van der Waals surface area contributed by atoms with Crippen LogP contribution in [0.15, 0.2) is 23.2 Å². The number of aliphatic imine (C=N–C) groups is 1. The molecule has 0 radical (unpaired) electrons. The van der Waals surface area contributed by atoms with E-state index in [1.54, 1.807) is 0 Å². The van der Waals surface area contributed by atoms with Crippen LogP contribution in [0.2, 0.25) is 0 Å². The van der Waals surface area contributed by atoms with Crippen molar-refractivity contribution in [2.45, 2.75) is 53.1 Å². The Hall–Kier alpha value is -1.55. The van der Waals surface area contributed by atoms with E-state index in [0.29, 0.717) is 31.6 Å². The molecule has 1 fully saturated rings. The molecular weight excluding hydrogens is 495 g/mol. The SMILES string of the molecule is CCNC(=NCc1ccc(C)cc1OCC1CCOC1)NCC(=O)NC(C)(C)C.I. The number of halogens is 1. The van der Waals surface area contributed by atoms with Gasteiger partial charge >= 0.3 is 0 Å². The van der Waals surface area contributed by atoms with Gasteiger partial charge in [0.25, 0.3) is 0 Å². The molecule has 8 heteroatoms. The van der Waals surface area contributed by atoms with Crippen molar-refractivity contribution in [3.8, 4) is 5.75 Å². The Morgan fingerprint density at radius 2 is 2.07 bits per heavy atom. The van der Waals surface area contributed by atoms with Gasteiger partial charge in [-0.3, -0.25) is 4.79 Å². The first-order valence-corrected chi connectivity index (χ1v) is 10.4. The number of carbonyl (C=O) groups excluding carboxylic acids is 1. The monoisotopic (exact) mass is 532 g/mol. The van der Waals surface area contributed by atoms with Gasteiger partial charge in [0.05, 0.1) is 26.3 Å². The standard InChI is InChI=1S/C22H36N4O3.HI/c1-6-23-21(25-13-20(27)26-22(3,4)5)24-12-18-8-7-16(2)11-19(18)29-15-17-9-10-28-14-17;/h7-8,11,17H,6,9-10,12-15H2,1-5H3,(H,26,27)(H2,23,24,25);1H. The van der Waals surface area contributed by atoms with Gasteiger partial charge in [0.1, 0.15) is 5.75 Å². The first-order valence-electron chi connectivity index (χ1n) is 10.4. The summed E-state index contributed by atoms with van der Waals surface area (Å²) in [6.45, 7) is 13.5. The fraction of sp³-hybridized carbons (Fsp3) is 0.636. The Morgan fingerprint density at radius 3 is 2.70 bits per heavy atom. The lowest BCUT2D eigenvalue weighted by molar-refractivity contribution is -0.121. The number of nitrogens with zero attached hydrogens (tertiary/aromatic N) is 1. The number of amides is 1. The lowest BCUT2D eigenvalue weighted by Gasteiger charge is -2.21. The van der Waals surface area contributed by atoms with E-state index in [9.17, 15) is 4.79 Å². The molecule has 1 unspecified atom stereocenters. The van der Waals surface area contributed by atoms with Crippen LogP contribution in [0.25, 0.3) is 0 Å². The summed E-state index contributed by atoms with van der Waals surface area (Å²) >= 11 is 0. The summed E-state index contributed by atoms with van der Waals surface area (Å²) in [7, 11) is 0. The van der Waals surface area contributed by atoms with E-state index in [1.807, 2.05) is 27.7 Å². The summed E-state index contributed by atoms with van der Waals surface area (Å²) in [5, 5.41) is 9.21. The highest BCUT2D eigenvalue weighted by atomic mass is 127. The molecule has 0 aliphatic carbocycles. The van der Waals surface area contributed by atoms with Crippen LogP contribution < -0.4 is 20.7 Å². The normalized spacial score (nSPS) is 16.6. The molecule has 0 saturated carbocycles. The quantitative estimate of drug-likeness (QED) is 0.273. The van der Waals surface area contributed by atoms with Gasteiger partial charge in [-0.25, -0.2) is 4.99 Å². The Labute approximate surface area is 197 Å². The van der Waals surface area contributed by atoms with Gasteiger partial charge in [-0.1, -0.05) is 12.1 Å². The van der Waals surface area contributed by atoms with Gasteiger partial charge in [-0.2, -0.15) is 0 Å². The molecule has 2 rings (SSSR count). The Kier molecular flexibility index (Phi) is 11.5. The summed E-state index contributed by atoms with van der Waals surface area (Å²) in [6, 6.07) is 6.17. The van der Waals surface area contributed by atoms with E-state index in [0.717, 1.165) is 36.5 Å². The zero-order valence-corrected chi connectivity index (χ0v) is 21.2. The molecule has 0 aromatic heterocycles. The minimum absolute atomic E-state index is 0. The second-order valence-electron chi connectivity index (χ2n) is 8.50. The molecule has 7 nitrogen and oxygen atoms in total. The Balaban J connectivity index is 0.00000450. The molecule has 1 heterocycles. The van der Waals surface area contributed by atoms with Crippen molar-refractivity contribution >= 4 is 35.8 Å². The molecule has 1 aliphatic heterocycles. The van der Waals surface area contributed by atoms with Crippen molar-refractivity contribution in [1.82, 2.24) is 16.0 Å². The number of hydrogen-bond acceptors (Lipinski definition) is 4. The molecule has 1 atom stereocenters. The predicted molar refractivity (Wildman–Crippen MR) is 132 cm³/mol. The second-order valence-corrected chi connectivity index (χ2v) is 8.50. The van der Waals surface area contributed by atoms with Gasteiger partial charge in [0, 0.05) is 30.2 Å². The van der Waals surface area contributed by atoms with Gasteiger partial charge in [-0.05, 0) is 52.7 Å². The number of hydrogen-bond donors (Lipinski definition) is 3. The molecule has 1 amide bonds. The molecule has 30 heavy (non-hydrogen) atoms. The minimum atomic E-state index is -0.257. The summed E-state index contributed by atoms with van der Waals surface area (Å²) in [5.74, 6) is 1.85. The number of ether oxygens (including phenoxy) is 2. The maximum absolute atomic E-state index is 12.1. The molecule has 0 bridgehead atoms. The van der Waals surface area contributed by atoms with Crippen LogP contribution in [-0.4, -0.2) is 50.3 Å². The van der Waals surface area contributed by atoms with Crippen LogP contribution >= 0.6 is 24.0 Å². The fourth-order valence-corrected chi connectivity index (χ4v) is 2.98. The molecule has 3 N–H and O–H groups in total. The molecule has 1 saturated heterocycles. The maximum atomic E-state index is 12.1. The van der Waals surface area contributed by atoms with Crippen molar-refractivity contribution in [3.63, 3.8) is 0 Å². The number of guanidine groups is 1. The summed E-state index contributed by atoms with van der Waals surface area (Å²) in [4.78, 5) is 16.7. The molecule has 1 aromatic rings. The topological polar surface area (TPSA) is 84.0 Å². The van der Waals surface area contributed by atoms with E-state index < -0.39 is 0 Å². The van der Waals surface area contributed by atoms with E-state index >= 15 is 0 Å². The third-order valence-electron chi connectivity index (χ3n) is 4.40. The van der Waals surface area contributed by atoms with Crippen LogP contribution in [0, 0.1) is 12.8 Å². The van der Waals surface area contributed by atoms with Crippen LogP contribution in [0.5, 0.6) is 5.75 Å². The second kappa shape index (κ2) is 13.0. The van der Waals surface area contributed by atoms with Gasteiger partial charge in [0.2, 0.25) is 5.91 Å². The van der Waals surface area contributed by atoms with E-state index in [-0.39, 0.29) is 42.0 Å². The number of benzene rings is 1. The highest BCUT2D eigenvalue weighted by Gasteiger charge is 2.17.